The summed E-state index contributed by atoms with van der Waals surface area (Å²) < 4.78 is 1.91. The third kappa shape index (κ3) is 3.44. The molecule has 116 valence electrons. The lowest BCUT2D eigenvalue weighted by molar-refractivity contribution is 0.0920. The van der Waals surface area contributed by atoms with E-state index in [1.807, 2.05) is 10.9 Å². The Morgan fingerprint density at radius 1 is 1.27 bits per heavy atom. The first-order chi connectivity index (χ1) is 10.8. The smallest absolute Gasteiger partial charge is 0.254 e. The second-order valence-corrected chi connectivity index (χ2v) is 6.09. The normalized spacial score (nSPS) is 21.5. The molecule has 1 fully saturated rings. The van der Waals surface area contributed by atoms with Crippen molar-refractivity contribution < 1.29 is 4.79 Å². The molecule has 2 heterocycles. The fraction of sp³-hybridized carbons (Fsp3) is 0.500. The summed E-state index contributed by atoms with van der Waals surface area (Å²) in [6.07, 6.45) is 12.3. The summed E-state index contributed by atoms with van der Waals surface area (Å²) in [5.41, 5.74) is 0.510. The summed E-state index contributed by atoms with van der Waals surface area (Å²) >= 11 is 1.46. The van der Waals surface area contributed by atoms with Crippen molar-refractivity contribution in [3.63, 3.8) is 0 Å². The molecule has 8 heteroatoms. The van der Waals surface area contributed by atoms with Gasteiger partial charge in [-0.1, -0.05) is 11.8 Å². The average molecular weight is 318 g/mol. The molecule has 1 amide bonds. The fourth-order valence-corrected chi connectivity index (χ4v) is 3.01. The molecule has 1 aliphatic carbocycles. The average Bonchev–Trinajstić information content (AvgIpc) is 3.10. The molecule has 0 bridgehead atoms. The zero-order chi connectivity index (χ0) is 15.4. The monoisotopic (exact) mass is 318 g/mol. The molecule has 1 aliphatic rings. The maximum Gasteiger partial charge on any atom is 0.254 e. The number of carbonyl (C=O) groups is 1. The Kier molecular flexibility index (Phi) is 4.67. The van der Waals surface area contributed by atoms with E-state index in [9.17, 15) is 4.79 Å². The van der Waals surface area contributed by atoms with Crippen molar-refractivity contribution in [3.8, 4) is 0 Å². The molecule has 0 spiro atoms. The number of amides is 1. The number of nitrogens with one attached hydrogen (secondary N) is 1. The summed E-state index contributed by atoms with van der Waals surface area (Å²) in [7, 11) is 0. The molecule has 0 aromatic carbocycles. The van der Waals surface area contributed by atoms with Crippen LogP contribution in [0.2, 0.25) is 0 Å². The first-order valence-corrected chi connectivity index (χ1v) is 8.49. The van der Waals surface area contributed by atoms with E-state index in [1.165, 1.54) is 11.8 Å². The zero-order valence-corrected chi connectivity index (χ0v) is 13.2. The SMILES string of the molecule is CSc1ncc(C(=O)NC2CCC(n3cncn3)CC2)cn1. The predicted octanol–water partition coefficient (Wildman–Crippen LogP) is 1.70. The molecule has 3 rings (SSSR count). The summed E-state index contributed by atoms with van der Waals surface area (Å²) in [6, 6.07) is 0.590. The van der Waals surface area contributed by atoms with Gasteiger partial charge in [-0.3, -0.25) is 4.79 Å². The number of aromatic nitrogens is 5. The van der Waals surface area contributed by atoms with Crippen LogP contribution in [-0.4, -0.2) is 42.9 Å². The van der Waals surface area contributed by atoms with Crippen LogP contribution in [0.5, 0.6) is 0 Å². The van der Waals surface area contributed by atoms with Crippen LogP contribution in [0.3, 0.4) is 0 Å². The van der Waals surface area contributed by atoms with Gasteiger partial charge in [0, 0.05) is 18.4 Å². The molecule has 2 aromatic rings. The van der Waals surface area contributed by atoms with E-state index >= 15 is 0 Å². The molecular formula is C14H18N6OS. The molecule has 22 heavy (non-hydrogen) atoms. The minimum absolute atomic E-state index is 0.100. The van der Waals surface area contributed by atoms with E-state index in [4.69, 9.17) is 0 Å². The van der Waals surface area contributed by atoms with E-state index in [0.717, 1.165) is 25.7 Å². The Morgan fingerprint density at radius 3 is 2.59 bits per heavy atom. The highest BCUT2D eigenvalue weighted by Crippen LogP contribution is 2.27. The topological polar surface area (TPSA) is 85.6 Å². The maximum atomic E-state index is 12.2. The van der Waals surface area contributed by atoms with Crippen LogP contribution in [0.4, 0.5) is 0 Å². The third-order valence-corrected chi connectivity index (χ3v) is 4.49. The quantitative estimate of drug-likeness (QED) is 0.682. The van der Waals surface area contributed by atoms with Gasteiger partial charge in [-0.2, -0.15) is 5.10 Å². The number of nitrogens with zero attached hydrogens (tertiary/aromatic N) is 5. The van der Waals surface area contributed by atoms with Gasteiger partial charge in [0.2, 0.25) is 0 Å². The summed E-state index contributed by atoms with van der Waals surface area (Å²) in [5.74, 6) is -0.100. The summed E-state index contributed by atoms with van der Waals surface area (Å²) in [5, 5.41) is 7.93. The van der Waals surface area contributed by atoms with Crippen molar-refractivity contribution in [1.29, 1.82) is 0 Å². The number of hydrogen-bond acceptors (Lipinski definition) is 6. The standard InChI is InChI=1S/C14H18N6OS/c1-22-14-16-6-10(7-17-14)13(21)19-11-2-4-12(5-3-11)20-9-15-8-18-20/h6-9,11-12H,2-5H2,1H3,(H,19,21). The van der Waals surface area contributed by atoms with Crippen LogP contribution in [0.1, 0.15) is 42.1 Å². The Morgan fingerprint density at radius 2 is 2.00 bits per heavy atom. The lowest BCUT2D eigenvalue weighted by Gasteiger charge is -2.28. The molecule has 0 atom stereocenters. The van der Waals surface area contributed by atoms with Crippen LogP contribution >= 0.6 is 11.8 Å². The van der Waals surface area contributed by atoms with Gasteiger partial charge < -0.3 is 5.32 Å². The maximum absolute atomic E-state index is 12.2. The zero-order valence-electron chi connectivity index (χ0n) is 12.3. The molecule has 2 aromatic heterocycles. The lowest BCUT2D eigenvalue weighted by Crippen LogP contribution is -2.38. The summed E-state index contributed by atoms with van der Waals surface area (Å²) in [4.78, 5) is 24.4. The van der Waals surface area contributed by atoms with Gasteiger partial charge in [-0.05, 0) is 31.9 Å². The Labute approximate surface area is 133 Å². The molecular weight excluding hydrogens is 300 g/mol. The minimum atomic E-state index is -0.100. The van der Waals surface area contributed by atoms with Crippen molar-refractivity contribution in [1.82, 2.24) is 30.0 Å². The van der Waals surface area contributed by atoms with E-state index in [0.29, 0.717) is 16.8 Å². The Bertz CT molecular complexity index is 607. The first-order valence-electron chi connectivity index (χ1n) is 7.27. The van der Waals surface area contributed by atoms with Crippen molar-refractivity contribution in [2.45, 2.75) is 42.9 Å². The van der Waals surface area contributed by atoms with Gasteiger partial charge in [0.05, 0.1) is 11.6 Å². The number of thioether (sulfide) groups is 1. The van der Waals surface area contributed by atoms with E-state index in [-0.39, 0.29) is 11.9 Å². The lowest BCUT2D eigenvalue weighted by atomic mass is 9.91. The van der Waals surface area contributed by atoms with Crippen molar-refractivity contribution >= 4 is 17.7 Å². The second kappa shape index (κ2) is 6.87. The highest BCUT2D eigenvalue weighted by Gasteiger charge is 2.24. The number of rotatable bonds is 4. The second-order valence-electron chi connectivity index (χ2n) is 5.31. The highest BCUT2D eigenvalue weighted by molar-refractivity contribution is 7.98. The molecule has 0 saturated heterocycles. The largest absolute Gasteiger partial charge is 0.349 e. The molecule has 0 radical (unpaired) electrons. The van der Waals surface area contributed by atoms with Crippen molar-refractivity contribution in [2.75, 3.05) is 6.26 Å². The van der Waals surface area contributed by atoms with Crippen LogP contribution in [0.15, 0.2) is 30.2 Å². The van der Waals surface area contributed by atoms with Gasteiger partial charge in [0.15, 0.2) is 5.16 Å². The van der Waals surface area contributed by atoms with Gasteiger partial charge in [-0.15, -0.1) is 0 Å². The van der Waals surface area contributed by atoms with Crippen LogP contribution < -0.4 is 5.32 Å². The van der Waals surface area contributed by atoms with E-state index < -0.39 is 0 Å². The Balaban J connectivity index is 1.52. The van der Waals surface area contributed by atoms with Gasteiger partial charge in [0.1, 0.15) is 12.7 Å². The third-order valence-electron chi connectivity index (χ3n) is 3.92. The van der Waals surface area contributed by atoms with Gasteiger partial charge in [-0.25, -0.2) is 19.6 Å². The van der Waals surface area contributed by atoms with Crippen LogP contribution in [0, 0.1) is 0 Å². The van der Waals surface area contributed by atoms with Crippen LogP contribution in [-0.2, 0) is 0 Å². The summed E-state index contributed by atoms with van der Waals surface area (Å²) in [6.45, 7) is 0. The molecule has 7 nitrogen and oxygen atoms in total. The van der Waals surface area contributed by atoms with E-state index in [1.54, 1.807) is 25.0 Å². The molecule has 0 unspecified atom stereocenters. The van der Waals surface area contributed by atoms with E-state index in [2.05, 4.69) is 25.4 Å². The Hall–Kier alpha value is -1.96. The molecule has 0 aliphatic heterocycles. The van der Waals surface area contributed by atoms with Crippen molar-refractivity contribution in [2.24, 2.45) is 0 Å². The minimum Gasteiger partial charge on any atom is -0.349 e. The van der Waals surface area contributed by atoms with Gasteiger partial charge >= 0.3 is 0 Å². The van der Waals surface area contributed by atoms with Crippen molar-refractivity contribution in [3.05, 3.63) is 30.6 Å². The number of hydrogen-bond donors (Lipinski definition) is 1. The highest BCUT2D eigenvalue weighted by atomic mass is 32.2. The molecule has 1 saturated carbocycles. The molecule has 1 N–H and O–H groups in total. The first kappa shape index (κ1) is 15.0. The van der Waals surface area contributed by atoms with Gasteiger partial charge in [0.25, 0.3) is 5.91 Å². The number of carbonyl (C=O) groups excluding carboxylic acids is 1. The fourth-order valence-electron chi connectivity index (χ4n) is 2.70. The predicted molar refractivity (Wildman–Crippen MR) is 82.6 cm³/mol. The van der Waals surface area contributed by atoms with Crippen LogP contribution in [0.25, 0.3) is 0 Å².